The van der Waals surface area contributed by atoms with Gasteiger partial charge in [0.2, 0.25) is 0 Å². The summed E-state index contributed by atoms with van der Waals surface area (Å²) in [6.07, 6.45) is 0. The molecule has 11 rings (SSSR count). The molecule has 9 aromatic rings. The molecule has 1 spiro atoms. The first-order chi connectivity index (χ1) is 26.8. The lowest BCUT2D eigenvalue weighted by molar-refractivity contribution is 0.723. The topological polar surface area (TPSA) is 25.8 Å². The Kier molecular flexibility index (Phi) is 7.05. The maximum Gasteiger partial charge on any atom is 0.161 e. The summed E-state index contributed by atoms with van der Waals surface area (Å²) >= 11 is 1.88. The molecule has 0 radical (unpaired) electrons. The fourth-order valence-electron chi connectivity index (χ4n) is 8.91. The standard InChI is InChI=1S/C51H32N2S/c1-2-17-34(18-3-1)46-32-47(39-25-14-19-33-16-4-5-20-35(33)39)53-50(52-46)41-24-7-6-21-36(41)40-26-15-30-45-49(40)54-48-31-13-12-29-44(48)51(45)42-27-10-8-22-37(42)38-23-9-11-28-43(38)51/h1-32H. The van der Waals surface area contributed by atoms with Gasteiger partial charge in [-0.2, -0.15) is 0 Å². The molecule has 0 saturated heterocycles. The first kappa shape index (κ1) is 31.0. The molecule has 0 bridgehead atoms. The molecule has 2 heterocycles. The van der Waals surface area contributed by atoms with Crippen molar-refractivity contribution in [2.75, 3.05) is 0 Å². The van der Waals surface area contributed by atoms with Gasteiger partial charge in [0.25, 0.3) is 0 Å². The van der Waals surface area contributed by atoms with E-state index in [2.05, 4.69) is 194 Å². The fourth-order valence-corrected chi connectivity index (χ4v) is 10.2. The fraction of sp³-hybridized carbons (Fsp3) is 0.0196. The molecule has 0 fully saturated rings. The SMILES string of the molecule is c1ccc(-c2cc(-c3cccc4ccccc34)nc(-c3ccccc3-c3cccc4c3Sc3ccccc3C43c4ccccc4-c4ccccc43)n2)cc1. The van der Waals surface area contributed by atoms with Crippen LogP contribution in [0.4, 0.5) is 0 Å². The largest absolute Gasteiger partial charge is 0.228 e. The summed E-state index contributed by atoms with van der Waals surface area (Å²) in [5.41, 5.74) is 14.7. The normalized spacial score (nSPS) is 13.3. The lowest BCUT2D eigenvalue weighted by atomic mass is 9.67. The van der Waals surface area contributed by atoms with Gasteiger partial charge in [0, 0.05) is 26.5 Å². The van der Waals surface area contributed by atoms with E-state index >= 15 is 0 Å². The molecule has 1 aliphatic heterocycles. The molecule has 2 aliphatic rings. The molecular formula is C51H32N2S. The third kappa shape index (κ3) is 4.55. The van der Waals surface area contributed by atoms with E-state index in [-0.39, 0.29) is 0 Å². The van der Waals surface area contributed by atoms with Crippen LogP contribution in [0.3, 0.4) is 0 Å². The van der Waals surface area contributed by atoms with E-state index in [4.69, 9.17) is 9.97 Å². The molecule has 0 atom stereocenters. The van der Waals surface area contributed by atoms with E-state index < -0.39 is 5.41 Å². The summed E-state index contributed by atoms with van der Waals surface area (Å²) in [5.74, 6) is 0.708. The third-order valence-electron chi connectivity index (χ3n) is 11.2. The van der Waals surface area contributed by atoms with Gasteiger partial charge in [0.15, 0.2) is 5.82 Å². The quantitative estimate of drug-likeness (QED) is 0.182. The van der Waals surface area contributed by atoms with Crippen LogP contribution >= 0.6 is 11.8 Å². The zero-order valence-corrected chi connectivity index (χ0v) is 30.1. The molecule has 1 aromatic heterocycles. The predicted octanol–water partition coefficient (Wildman–Crippen LogP) is 13.1. The highest BCUT2D eigenvalue weighted by atomic mass is 32.2. The Balaban J connectivity index is 1.17. The van der Waals surface area contributed by atoms with Crippen LogP contribution in [0.15, 0.2) is 204 Å². The Morgan fingerprint density at radius 2 is 0.907 bits per heavy atom. The maximum absolute atomic E-state index is 5.40. The number of hydrogen-bond acceptors (Lipinski definition) is 3. The second-order valence-electron chi connectivity index (χ2n) is 14.0. The number of benzene rings is 8. The minimum absolute atomic E-state index is 0.444. The number of fused-ring (bicyclic) bond motifs is 10. The van der Waals surface area contributed by atoms with Crippen LogP contribution in [-0.2, 0) is 5.41 Å². The van der Waals surface area contributed by atoms with Gasteiger partial charge >= 0.3 is 0 Å². The van der Waals surface area contributed by atoms with Gasteiger partial charge in [0.05, 0.1) is 16.8 Å². The zero-order chi connectivity index (χ0) is 35.6. The van der Waals surface area contributed by atoms with Crippen molar-refractivity contribution in [3.8, 4) is 56.2 Å². The lowest BCUT2D eigenvalue weighted by Gasteiger charge is -2.40. The van der Waals surface area contributed by atoms with Crippen LogP contribution in [0.1, 0.15) is 22.3 Å². The van der Waals surface area contributed by atoms with Crippen LogP contribution in [0, 0.1) is 0 Å². The van der Waals surface area contributed by atoms with Crippen LogP contribution in [-0.4, -0.2) is 9.97 Å². The highest BCUT2D eigenvalue weighted by Crippen LogP contribution is 2.63. The first-order valence-corrected chi connectivity index (χ1v) is 19.2. The van der Waals surface area contributed by atoms with Crippen LogP contribution in [0.25, 0.3) is 66.9 Å². The lowest BCUT2D eigenvalue weighted by Crippen LogP contribution is -2.32. The Bertz CT molecular complexity index is 2880. The van der Waals surface area contributed by atoms with Crippen molar-refractivity contribution >= 4 is 22.5 Å². The number of hydrogen-bond donors (Lipinski definition) is 0. The Hall–Kier alpha value is -6.55. The van der Waals surface area contributed by atoms with E-state index in [1.54, 1.807) is 0 Å². The highest BCUT2D eigenvalue weighted by molar-refractivity contribution is 7.99. The molecule has 2 nitrogen and oxygen atoms in total. The number of nitrogens with zero attached hydrogens (tertiary/aromatic N) is 2. The summed E-state index contributed by atoms with van der Waals surface area (Å²) in [5, 5.41) is 2.36. The van der Waals surface area contributed by atoms with Crippen molar-refractivity contribution in [2.24, 2.45) is 0 Å². The molecule has 252 valence electrons. The van der Waals surface area contributed by atoms with Gasteiger partial charge < -0.3 is 0 Å². The summed E-state index contributed by atoms with van der Waals surface area (Å²) in [7, 11) is 0. The van der Waals surface area contributed by atoms with Crippen molar-refractivity contribution in [2.45, 2.75) is 15.2 Å². The third-order valence-corrected chi connectivity index (χ3v) is 12.4. The Labute approximate surface area is 318 Å². The molecule has 8 aromatic carbocycles. The molecule has 3 heteroatoms. The molecule has 0 N–H and O–H groups in total. The Morgan fingerprint density at radius 3 is 1.70 bits per heavy atom. The van der Waals surface area contributed by atoms with Crippen molar-refractivity contribution in [1.29, 1.82) is 0 Å². The monoisotopic (exact) mass is 704 g/mol. The van der Waals surface area contributed by atoms with E-state index in [0.29, 0.717) is 5.82 Å². The van der Waals surface area contributed by atoms with Crippen molar-refractivity contribution < 1.29 is 0 Å². The van der Waals surface area contributed by atoms with E-state index in [9.17, 15) is 0 Å². The average molecular weight is 705 g/mol. The van der Waals surface area contributed by atoms with Gasteiger partial charge in [0.1, 0.15) is 0 Å². The average Bonchev–Trinajstić information content (AvgIpc) is 3.54. The van der Waals surface area contributed by atoms with Crippen molar-refractivity contribution in [3.05, 3.63) is 216 Å². The molecule has 0 amide bonds. The van der Waals surface area contributed by atoms with Gasteiger partial charge in [-0.15, -0.1) is 0 Å². The number of rotatable bonds is 4. The first-order valence-electron chi connectivity index (χ1n) is 18.4. The minimum atomic E-state index is -0.444. The minimum Gasteiger partial charge on any atom is -0.228 e. The van der Waals surface area contributed by atoms with Crippen LogP contribution < -0.4 is 0 Å². The summed E-state index contributed by atoms with van der Waals surface area (Å²) in [4.78, 5) is 13.3. The predicted molar refractivity (Wildman–Crippen MR) is 223 cm³/mol. The van der Waals surface area contributed by atoms with Gasteiger partial charge in [-0.25, -0.2) is 9.97 Å². The zero-order valence-electron chi connectivity index (χ0n) is 29.3. The van der Waals surface area contributed by atoms with Gasteiger partial charge in [-0.1, -0.05) is 194 Å². The second-order valence-corrected chi connectivity index (χ2v) is 15.1. The summed E-state index contributed by atoms with van der Waals surface area (Å²) < 4.78 is 0. The Morgan fingerprint density at radius 1 is 0.370 bits per heavy atom. The van der Waals surface area contributed by atoms with E-state index in [1.807, 2.05) is 11.8 Å². The number of aromatic nitrogens is 2. The van der Waals surface area contributed by atoms with Crippen LogP contribution in [0.5, 0.6) is 0 Å². The molecule has 1 aliphatic carbocycles. The molecule has 54 heavy (non-hydrogen) atoms. The maximum atomic E-state index is 5.40. The van der Waals surface area contributed by atoms with Crippen molar-refractivity contribution in [3.63, 3.8) is 0 Å². The van der Waals surface area contributed by atoms with Crippen molar-refractivity contribution in [1.82, 2.24) is 9.97 Å². The molecule has 0 saturated carbocycles. The summed E-state index contributed by atoms with van der Waals surface area (Å²) in [6, 6.07) is 70.1. The highest BCUT2D eigenvalue weighted by Gasteiger charge is 2.50. The summed E-state index contributed by atoms with van der Waals surface area (Å²) in [6.45, 7) is 0. The molecular weight excluding hydrogens is 673 g/mol. The smallest absolute Gasteiger partial charge is 0.161 e. The van der Waals surface area contributed by atoms with E-state index in [1.165, 1.54) is 59.5 Å². The van der Waals surface area contributed by atoms with Gasteiger partial charge in [-0.3, -0.25) is 0 Å². The molecule has 0 unspecified atom stereocenters. The van der Waals surface area contributed by atoms with E-state index in [0.717, 1.165) is 33.6 Å². The second kappa shape index (κ2) is 12.3. The van der Waals surface area contributed by atoms with Gasteiger partial charge in [-0.05, 0) is 67.4 Å². The van der Waals surface area contributed by atoms with Crippen LogP contribution in [0.2, 0.25) is 0 Å².